The number of fused-ring (bicyclic) bond motifs is 2. The van der Waals surface area contributed by atoms with Gasteiger partial charge in [0.1, 0.15) is 11.0 Å². The van der Waals surface area contributed by atoms with Gasteiger partial charge in [-0.2, -0.15) is 0 Å². The van der Waals surface area contributed by atoms with Crippen molar-refractivity contribution >= 4 is 56.5 Å². The number of imide groups is 1. The SMILES string of the molecule is COc1ccc(N2C(=O)C3Sc4[nH]c(=O)sc4C(c4cccc(Br)c4)C3C2=O)cc1. The molecule has 9 heteroatoms. The highest BCUT2D eigenvalue weighted by Crippen LogP contribution is 2.53. The predicted molar refractivity (Wildman–Crippen MR) is 120 cm³/mol. The molecule has 0 spiro atoms. The van der Waals surface area contributed by atoms with Crippen LogP contribution in [0.1, 0.15) is 16.4 Å². The van der Waals surface area contributed by atoms with Gasteiger partial charge in [0.25, 0.3) is 0 Å². The van der Waals surface area contributed by atoms with Crippen LogP contribution in [0.3, 0.4) is 0 Å². The molecule has 2 aliphatic heterocycles. The zero-order chi connectivity index (χ0) is 21.0. The fourth-order valence-corrected chi connectivity index (χ4v) is 6.99. The van der Waals surface area contributed by atoms with Gasteiger partial charge >= 0.3 is 4.87 Å². The summed E-state index contributed by atoms with van der Waals surface area (Å²) >= 11 is 5.87. The molecule has 0 aliphatic carbocycles. The van der Waals surface area contributed by atoms with Crippen molar-refractivity contribution in [1.82, 2.24) is 4.98 Å². The molecule has 2 aliphatic rings. The molecule has 0 saturated carbocycles. The highest BCUT2D eigenvalue weighted by molar-refractivity contribution is 9.10. The fourth-order valence-electron chi connectivity index (χ4n) is 4.06. The number of aromatic nitrogens is 1. The lowest BCUT2D eigenvalue weighted by Crippen LogP contribution is -2.32. The molecule has 2 amide bonds. The minimum absolute atomic E-state index is 0.181. The summed E-state index contributed by atoms with van der Waals surface area (Å²) in [4.78, 5) is 43.7. The molecule has 1 N–H and O–H groups in total. The second-order valence-corrected chi connectivity index (χ2v) is 10.1. The molecule has 5 rings (SSSR count). The van der Waals surface area contributed by atoms with E-state index in [4.69, 9.17) is 4.74 Å². The van der Waals surface area contributed by atoms with Crippen LogP contribution in [0.4, 0.5) is 5.69 Å². The van der Waals surface area contributed by atoms with Crippen molar-refractivity contribution in [3.63, 3.8) is 0 Å². The maximum absolute atomic E-state index is 13.6. The van der Waals surface area contributed by atoms with Crippen molar-refractivity contribution in [3.05, 3.63) is 73.1 Å². The molecule has 152 valence electrons. The average molecular weight is 503 g/mol. The lowest BCUT2D eigenvalue weighted by molar-refractivity contribution is -0.122. The topological polar surface area (TPSA) is 79.5 Å². The first-order valence-corrected chi connectivity index (χ1v) is 11.6. The van der Waals surface area contributed by atoms with Gasteiger partial charge in [-0.3, -0.25) is 14.4 Å². The van der Waals surface area contributed by atoms with Gasteiger partial charge < -0.3 is 9.72 Å². The van der Waals surface area contributed by atoms with Crippen molar-refractivity contribution in [2.45, 2.75) is 16.2 Å². The van der Waals surface area contributed by atoms with Gasteiger partial charge in [-0.05, 0) is 42.0 Å². The number of ether oxygens (including phenoxy) is 1. The Kier molecular flexibility index (Phi) is 4.83. The summed E-state index contributed by atoms with van der Waals surface area (Å²) in [5.41, 5.74) is 1.42. The van der Waals surface area contributed by atoms with E-state index in [9.17, 15) is 14.4 Å². The number of amides is 2. The number of nitrogens with zero attached hydrogens (tertiary/aromatic N) is 1. The smallest absolute Gasteiger partial charge is 0.305 e. The summed E-state index contributed by atoms with van der Waals surface area (Å²) in [6.45, 7) is 0. The predicted octanol–water partition coefficient (Wildman–Crippen LogP) is 4.00. The summed E-state index contributed by atoms with van der Waals surface area (Å²) in [5.74, 6) is -0.821. The van der Waals surface area contributed by atoms with Gasteiger partial charge in [0.2, 0.25) is 11.8 Å². The molecular weight excluding hydrogens is 488 g/mol. The number of halogens is 1. The molecule has 0 radical (unpaired) electrons. The highest BCUT2D eigenvalue weighted by Gasteiger charge is 2.56. The number of H-pyrrole nitrogens is 1. The van der Waals surface area contributed by atoms with Crippen LogP contribution in [0.5, 0.6) is 5.75 Å². The quantitative estimate of drug-likeness (QED) is 0.547. The van der Waals surface area contributed by atoms with E-state index in [0.717, 1.165) is 26.3 Å². The third-order valence-corrected chi connectivity index (χ3v) is 8.26. The molecule has 30 heavy (non-hydrogen) atoms. The van der Waals surface area contributed by atoms with Gasteiger partial charge in [-0.25, -0.2) is 4.90 Å². The molecule has 3 aromatic rings. The van der Waals surface area contributed by atoms with E-state index in [2.05, 4.69) is 20.9 Å². The van der Waals surface area contributed by atoms with Crippen LogP contribution in [-0.4, -0.2) is 29.2 Å². The average Bonchev–Trinajstić information content (AvgIpc) is 3.23. The Bertz CT molecular complexity index is 1220. The van der Waals surface area contributed by atoms with E-state index < -0.39 is 11.2 Å². The number of hydrogen-bond acceptors (Lipinski definition) is 6. The van der Waals surface area contributed by atoms with Gasteiger partial charge in [0, 0.05) is 15.3 Å². The molecule has 0 bridgehead atoms. The third-order valence-electron chi connectivity index (χ3n) is 5.36. The van der Waals surface area contributed by atoms with Crippen molar-refractivity contribution < 1.29 is 14.3 Å². The molecule has 1 saturated heterocycles. The Labute approximate surface area is 188 Å². The van der Waals surface area contributed by atoms with Crippen molar-refractivity contribution in [1.29, 1.82) is 0 Å². The largest absolute Gasteiger partial charge is 0.497 e. The zero-order valence-corrected chi connectivity index (χ0v) is 18.8. The first kappa shape index (κ1) is 19.6. The van der Waals surface area contributed by atoms with Gasteiger partial charge in [0.05, 0.1) is 23.7 Å². The summed E-state index contributed by atoms with van der Waals surface area (Å²) in [6.07, 6.45) is 0. The number of thiazole rings is 1. The number of anilines is 1. The molecule has 1 fully saturated rings. The van der Waals surface area contributed by atoms with Crippen LogP contribution < -0.4 is 14.5 Å². The van der Waals surface area contributed by atoms with Crippen molar-refractivity contribution in [3.8, 4) is 5.75 Å². The lowest BCUT2D eigenvalue weighted by Gasteiger charge is -2.29. The van der Waals surface area contributed by atoms with E-state index in [1.807, 2.05) is 24.3 Å². The van der Waals surface area contributed by atoms with E-state index in [1.165, 1.54) is 16.7 Å². The maximum atomic E-state index is 13.6. The monoisotopic (exact) mass is 502 g/mol. The van der Waals surface area contributed by atoms with Crippen molar-refractivity contribution in [2.24, 2.45) is 5.92 Å². The van der Waals surface area contributed by atoms with Crippen LogP contribution in [0.15, 0.2) is 62.8 Å². The number of benzene rings is 2. The Hall–Kier alpha value is -2.36. The summed E-state index contributed by atoms with van der Waals surface area (Å²) in [6, 6.07) is 14.6. The van der Waals surface area contributed by atoms with Gasteiger partial charge in [-0.1, -0.05) is 51.2 Å². The molecule has 6 nitrogen and oxygen atoms in total. The van der Waals surface area contributed by atoms with E-state index in [-0.39, 0.29) is 22.6 Å². The fraction of sp³-hybridized carbons (Fsp3) is 0.190. The van der Waals surface area contributed by atoms with Crippen LogP contribution in [0.25, 0.3) is 0 Å². The lowest BCUT2D eigenvalue weighted by atomic mass is 9.83. The number of rotatable bonds is 3. The second kappa shape index (κ2) is 7.40. The molecule has 3 heterocycles. The number of nitrogens with one attached hydrogen (secondary N) is 1. The summed E-state index contributed by atoms with van der Waals surface area (Å²) in [7, 11) is 1.56. The van der Waals surface area contributed by atoms with E-state index in [1.54, 1.807) is 31.4 Å². The number of hydrogen-bond donors (Lipinski definition) is 1. The number of carbonyl (C=O) groups excluding carboxylic acids is 2. The number of methoxy groups -OCH3 is 1. The summed E-state index contributed by atoms with van der Waals surface area (Å²) < 4.78 is 6.06. The molecule has 3 atom stereocenters. The minimum Gasteiger partial charge on any atom is -0.497 e. The van der Waals surface area contributed by atoms with Crippen LogP contribution in [-0.2, 0) is 9.59 Å². The molecule has 1 aromatic heterocycles. The molecule has 3 unspecified atom stereocenters. The van der Waals surface area contributed by atoms with Gasteiger partial charge in [-0.15, -0.1) is 0 Å². The van der Waals surface area contributed by atoms with Crippen LogP contribution in [0.2, 0.25) is 0 Å². The number of thioether (sulfide) groups is 1. The van der Waals surface area contributed by atoms with E-state index >= 15 is 0 Å². The number of aromatic amines is 1. The molecule has 2 aromatic carbocycles. The van der Waals surface area contributed by atoms with Crippen LogP contribution in [0, 0.1) is 5.92 Å². The zero-order valence-electron chi connectivity index (χ0n) is 15.6. The maximum Gasteiger partial charge on any atom is 0.305 e. The van der Waals surface area contributed by atoms with Crippen molar-refractivity contribution in [2.75, 3.05) is 12.0 Å². The highest BCUT2D eigenvalue weighted by atomic mass is 79.9. The van der Waals surface area contributed by atoms with Gasteiger partial charge in [0.15, 0.2) is 0 Å². The van der Waals surface area contributed by atoms with Crippen LogP contribution >= 0.6 is 39.0 Å². The Morgan fingerprint density at radius 1 is 1.07 bits per heavy atom. The van der Waals surface area contributed by atoms with E-state index in [0.29, 0.717) is 16.5 Å². The standard InChI is InChI=1S/C21H15BrN2O4S2/c1-28-13-7-5-12(6-8-13)24-19(25)15-14(10-3-2-4-11(22)9-10)16-18(23-21(27)30-16)29-17(15)20(24)26/h2-9,14-15,17H,1H3,(H,23,27). The minimum atomic E-state index is -0.596. The third kappa shape index (κ3) is 3.03. The normalized spacial score (nSPS) is 22.7. The Morgan fingerprint density at radius 2 is 1.83 bits per heavy atom. The number of carbonyl (C=O) groups is 2. The Morgan fingerprint density at radius 3 is 2.53 bits per heavy atom. The first-order chi connectivity index (χ1) is 14.5. The summed E-state index contributed by atoms with van der Waals surface area (Å²) in [5, 5.41) is 0.0790. The Balaban J connectivity index is 1.63. The first-order valence-electron chi connectivity index (χ1n) is 9.15. The molecular formula is C21H15BrN2O4S2. The second-order valence-electron chi connectivity index (χ2n) is 7.01.